The molecule has 126 valence electrons. The number of hydrogen-bond acceptors (Lipinski definition) is 5. The molecule has 24 heavy (non-hydrogen) atoms. The van der Waals surface area contributed by atoms with Crippen LogP contribution in [0.25, 0.3) is 0 Å². The third-order valence-corrected chi connectivity index (χ3v) is 4.97. The zero-order valence-corrected chi connectivity index (χ0v) is 13.8. The van der Waals surface area contributed by atoms with Gasteiger partial charge in [-0.2, -0.15) is 0 Å². The number of carboxylic acids is 1. The van der Waals surface area contributed by atoms with E-state index in [0.717, 1.165) is 42.0 Å². The van der Waals surface area contributed by atoms with Crippen molar-refractivity contribution in [3.05, 3.63) is 35.2 Å². The van der Waals surface area contributed by atoms with Gasteiger partial charge in [0.25, 0.3) is 0 Å². The Kier molecular flexibility index (Phi) is 3.44. The van der Waals surface area contributed by atoms with Crippen molar-refractivity contribution in [1.82, 2.24) is 14.8 Å². The second-order valence-corrected chi connectivity index (χ2v) is 6.63. The minimum absolute atomic E-state index is 0.0658. The monoisotopic (exact) mass is 328 g/mol. The summed E-state index contributed by atoms with van der Waals surface area (Å²) in [6, 6.07) is 4.10. The topological polar surface area (TPSA) is 80.5 Å². The van der Waals surface area contributed by atoms with Gasteiger partial charge in [0.1, 0.15) is 11.4 Å². The Morgan fingerprint density at radius 1 is 1.38 bits per heavy atom. The quantitative estimate of drug-likeness (QED) is 0.901. The van der Waals surface area contributed by atoms with E-state index in [1.807, 2.05) is 13.0 Å². The van der Waals surface area contributed by atoms with Crippen LogP contribution in [0.5, 0.6) is 5.88 Å². The van der Waals surface area contributed by atoms with Crippen LogP contribution >= 0.6 is 0 Å². The number of aromatic carboxylic acids is 1. The number of hydrogen-bond donors (Lipinski definition) is 1. The molecule has 4 rings (SSSR count). The SMILES string of the molecule is COc1nn(Cc2ccc(N3CC4CC4C3)nc2C)cc1C(=O)O. The van der Waals surface area contributed by atoms with Crippen LogP contribution in [0.4, 0.5) is 5.82 Å². The summed E-state index contributed by atoms with van der Waals surface area (Å²) in [7, 11) is 1.42. The zero-order valence-electron chi connectivity index (χ0n) is 13.8. The average Bonchev–Trinajstić information content (AvgIpc) is 2.98. The van der Waals surface area contributed by atoms with Crippen LogP contribution in [0.1, 0.15) is 28.0 Å². The first-order chi connectivity index (χ1) is 11.5. The molecule has 2 aliphatic rings. The number of pyridine rings is 1. The van der Waals surface area contributed by atoms with E-state index in [9.17, 15) is 4.79 Å². The molecule has 0 amide bonds. The number of fused-ring (bicyclic) bond motifs is 1. The Labute approximate surface area is 139 Å². The van der Waals surface area contributed by atoms with Crippen LogP contribution in [0.15, 0.2) is 18.3 Å². The summed E-state index contributed by atoms with van der Waals surface area (Å²) in [5, 5.41) is 13.3. The lowest BCUT2D eigenvalue weighted by molar-refractivity contribution is 0.0693. The van der Waals surface area contributed by atoms with Gasteiger partial charge in [0.05, 0.1) is 13.7 Å². The number of anilines is 1. The highest BCUT2D eigenvalue weighted by Gasteiger charge is 2.45. The largest absolute Gasteiger partial charge is 0.479 e. The normalized spacial score (nSPS) is 21.7. The predicted octanol–water partition coefficient (Wildman–Crippen LogP) is 1.80. The Morgan fingerprint density at radius 3 is 2.71 bits per heavy atom. The number of carboxylic acid groups (broad SMARTS) is 1. The van der Waals surface area contributed by atoms with Crippen molar-refractivity contribution < 1.29 is 14.6 Å². The maximum absolute atomic E-state index is 11.2. The van der Waals surface area contributed by atoms with Crippen LogP contribution < -0.4 is 9.64 Å². The minimum Gasteiger partial charge on any atom is -0.479 e. The van der Waals surface area contributed by atoms with Gasteiger partial charge in [-0.3, -0.25) is 4.68 Å². The third kappa shape index (κ3) is 2.60. The molecule has 2 aromatic rings. The second kappa shape index (κ2) is 5.51. The van der Waals surface area contributed by atoms with Gasteiger partial charge in [0.2, 0.25) is 5.88 Å². The van der Waals surface area contributed by atoms with Crippen molar-refractivity contribution in [2.45, 2.75) is 19.9 Å². The summed E-state index contributed by atoms with van der Waals surface area (Å²) in [5.74, 6) is 1.86. The van der Waals surface area contributed by atoms with Crippen LogP contribution in [0.2, 0.25) is 0 Å². The molecule has 1 saturated heterocycles. The number of aryl methyl sites for hydroxylation is 1. The number of aromatic nitrogens is 3. The lowest BCUT2D eigenvalue weighted by Gasteiger charge is -2.20. The molecule has 7 heteroatoms. The number of carbonyl (C=O) groups is 1. The Balaban J connectivity index is 1.53. The fourth-order valence-electron chi connectivity index (χ4n) is 3.46. The molecule has 1 aliphatic carbocycles. The molecule has 1 aliphatic heterocycles. The van der Waals surface area contributed by atoms with Crippen molar-refractivity contribution in [2.75, 3.05) is 25.1 Å². The highest BCUT2D eigenvalue weighted by molar-refractivity contribution is 5.89. The van der Waals surface area contributed by atoms with E-state index >= 15 is 0 Å². The zero-order chi connectivity index (χ0) is 16.8. The molecule has 7 nitrogen and oxygen atoms in total. The van der Waals surface area contributed by atoms with Gasteiger partial charge < -0.3 is 14.7 Å². The van der Waals surface area contributed by atoms with Gasteiger partial charge in [-0.15, -0.1) is 5.10 Å². The molecule has 2 fully saturated rings. The molecule has 1 N–H and O–H groups in total. The summed E-state index contributed by atoms with van der Waals surface area (Å²) in [5.41, 5.74) is 2.03. The molecule has 3 heterocycles. The molecule has 1 saturated carbocycles. The summed E-state index contributed by atoms with van der Waals surface area (Å²) < 4.78 is 6.60. The summed E-state index contributed by atoms with van der Waals surface area (Å²) in [6.07, 6.45) is 2.86. The highest BCUT2D eigenvalue weighted by Crippen LogP contribution is 2.45. The predicted molar refractivity (Wildman–Crippen MR) is 87.6 cm³/mol. The Hall–Kier alpha value is -2.57. The molecular weight excluding hydrogens is 308 g/mol. The first-order valence-corrected chi connectivity index (χ1v) is 8.11. The fourth-order valence-corrected chi connectivity index (χ4v) is 3.46. The number of piperidine rings is 1. The van der Waals surface area contributed by atoms with Crippen molar-refractivity contribution in [3.8, 4) is 5.88 Å². The maximum atomic E-state index is 11.2. The number of nitrogens with zero attached hydrogens (tertiary/aromatic N) is 4. The average molecular weight is 328 g/mol. The van der Waals surface area contributed by atoms with E-state index < -0.39 is 5.97 Å². The van der Waals surface area contributed by atoms with Gasteiger partial charge in [0, 0.05) is 25.0 Å². The van der Waals surface area contributed by atoms with E-state index in [0.29, 0.717) is 6.54 Å². The lowest BCUT2D eigenvalue weighted by atomic mass is 10.2. The van der Waals surface area contributed by atoms with Crippen LogP contribution in [0, 0.1) is 18.8 Å². The van der Waals surface area contributed by atoms with E-state index in [-0.39, 0.29) is 11.4 Å². The van der Waals surface area contributed by atoms with Crippen molar-refractivity contribution in [2.24, 2.45) is 11.8 Å². The Bertz CT molecular complexity index is 791. The minimum atomic E-state index is -1.05. The molecule has 2 atom stereocenters. The van der Waals surface area contributed by atoms with E-state index in [1.165, 1.54) is 19.7 Å². The van der Waals surface area contributed by atoms with Gasteiger partial charge in [-0.1, -0.05) is 6.07 Å². The lowest BCUT2D eigenvalue weighted by Crippen LogP contribution is -2.23. The van der Waals surface area contributed by atoms with Gasteiger partial charge in [-0.05, 0) is 36.8 Å². The molecular formula is C17H20N4O3. The van der Waals surface area contributed by atoms with Crippen LogP contribution in [0.3, 0.4) is 0 Å². The smallest absolute Gasteiger partial charge is 0.342 e. The van der Waals surface area contributed by atoms with Crippen molar-refractivity contribution in [1.29, 1.82) is 0 Å². The maximum Gasteiger partial charge on any atom is 0.342 e. The van der Waals surface area contributed by atoms with Gasteiger partial charge >= 0.3 is 5.97 Å². The third-order valence-electron chi connectivity index (χ3n) is 4.97. The van der Waals surface area contributed by atoms with Crippen molar-refractivity contribution >= 4 is 11.8 Å². The van der Waals surface area contributed by atoms with Gasteiger partial charge in [-0.25, -0.2) is 9.78 Å². The molecule has 0 aromatic carbocycles. The van der Waals surface area contributed by atoms with Crippen LogP contribution in [-0.2, 0) is 6.54 Å². The summed E-state index contributed by atoms with van der Waals surface area (Å²) in [6.45, 7) is 4.69. The Morgan fingerprint density at radius 2 is 2.12 bits per heavy atom. The highest BCUT2D eigenvalue weighted by atomic mass is 16.5. The summed E-state index contributed by atoms with van der Waals surface area (Å²) in [4.78, 5) is 18.3. The second-order valence-electron chi connectivity index (χ2n) is 6.63. The summed E-state index contributed by atoms with van der Waals surface area (Å²) >= 11 is 0. The fraction of sp³-hybridized carbons (Fsp3) is 0.471. The molecule has 2 unspecified atom stereocenters. The number of methoxy groups -OCH3 is 1. The molecule has 0 spiro atoms. The van der Waals surface area contributed by atoms with E-state index in [1.54, 1.807) is 4.68 Å². The molecule has 2 aromatic heterocycles. The standard InChI is InChI=1S/C17H20N4O3/c1-10-11(8-21-9-14(17(22)23)16(19-21)24-2)3-4-15(18-10)20-6-12-5-13(12)7-20/h3-4,9,12-13H,5-8H2,1-2H3,(H,22,23). The number of rotatable bonds is 5. The molecule has 0 radical (unpaired) electrons. The van der Waals surface area contributed by atoms with Gasteiger partial charge in [0.15, 0.2) is 0 Å². The first kappa shape index (κ1) is 15.0. The first-order valence-electron chi connectivity index (χ1n) is 8.11. The molecule has 0 bridgehead atoms. The van der Waals surface area contributed by atoms with Crippen LogP contribution in [-0.4, -0.2) is 46.0 Å². The van der Waals surface area contributed by atoms with Crippen molar-refractivity contribution in [3.63, 3.8) is 0 Å². The van der Waals surface area contributed by atoms with E-state index in [2.05, 4.69) is 16.1 Å². The van der Waals surface area contributed by atoms with E-state index in [4.69, 9.17) is 14.8 Å². The number of ether oxygens (including phenoxy) is 1.